The van der Waals surface area contributed by atoms with E-state index in [1.165, 1.54) is 4.68 Å². The minimum atomic E-state index is -0.316. The Labute approximate surface area is 170 Å². The first kappa shape index (κ1) is 19.1. The number of fused-ring (bicyclic) bond motifs is 2. The van der Waals surface area contributed by atoms with Crippen molar-refractivity contribution >= 4 is 34.1 Å². The fourth-order valence-corrected chi connectivity index (χ4v) is 3.69. The van der Waals surface area contributed by atoms with E-state index >= 15 is 0 Å². The van der Waals surface area contributed by atoms with Gasteiger partial charge in [-0.2, -0.15) is 16.9 Å². The monoisotopic (exact) mass is 408 g/mol. The van der Waals surface area contributed by atoms with Crippen LogP contribution < -0.4 is 10.9 Å². The minimum Gasteiger partial charge on any atom is -0.344 e. The van der Waals surface area contributed by atoms with Gasteiger partial charge in [-0.1, -0.05) is 24.3 Å². The highest BCUT2D eigenvalue weighted by Crippen LogP contribution is 2.18. The summed E-state index contributed by atoms with van der Waals surface area (Å²) in [5.41, 5.74) is 0.435. The van der Waals surface area contributed by atoms with E-state index in [2.05, 4.69) is 20.6 Å². The van der Waals surface area contributed by atoms with Crippen LogP contribution in [0.1, 0.15) is 18.3 Å². The first-order chi connectivity index (χ1) is 14.2. The van der Waals surface area contributed by atoms with Crippen LogP contribution in [0, 0.1) is 0 Å². The standard InChI is InChI=1S/C20H20N6O2S/c1-29-11-9-16(19-24-23-17-8-4-5-10-25(17)19)22-18(27)13-26-20(28)15-7-3-2-6-14(15)12-21-26/h2-8,10,12,16H,9,11,13H2,1H3,(H,22,27)/t16-/m1/s1. The largest absolute Gasteiger partial charge is 0.344 e. The van der Waals surface area contributed by atoms with Crippen molar-refractivity contribution in [3.05, 3.63) is 71.0 Å². The van der Waals surface area contributed by atoms with E-state index in [0.717, 1.165) is 16.8 Å². The van der Waals surface area contributed by atoms with Gasteiger partial charge in [0.1, 0.15) is 6.54 Å². The Balaban J connectivity index is 1.57. The molecule has 1 N–H and O–H groups in total. The number of carbonyl (C=O) groups is 1. The normalized spacial score (nSPS) is 12.3. The average molecular weight is 408 g/mol. The third kappa shape index (κ3) is 4.00. The molecule has 0 fully saturated rings. The highest BCUT2D eigenvalue weighted by Gasteiger charge is 2.20. The molecule has 9 heteroatoms. The summed E-state index contributed by atoms with van der Waals surface area (Å²) in [6.45, 7) is -0.157. The zero-order valence-electron chi connectivity index (χ0n) is 15.9. The summed E-state index contributed by atoms with van der Waals surface area (Å²) < 4.78 is 3.05. The van der Waals surface area contributed by atoms with Gasteiger partial charge in [-0.3, -0.25) is 14.0 Å². The van der Waals surface area contributed by atoms with Crippen molar-refractivity contribution in [3.63, 3.8) is 0 Å². The topological polar surface area (TPSA) is 94.2 Å². The van der Waals surface area contributed by atoms with Crippen LogP contribution >= 0.6 is 11.8 Å². The zero-order chi connectivity index (χ0) is 20.2. The summed E-state index contributed by atoms with van der Waals surface area (Å²) >= 11 is 1.69. The van der Waals surface area contributed by atoms with Crippen LogP contribution in [0.15, 0.2) is 59.7 Å². The first-order valence-corrected chi connectivity index (χ1v) is 10.6. The van der Waals surface area contributed by atoms with Crippen molar-refractivity contribution in [2.24, 2.45) is 0 Å². The second-order valence-corrected chi connectivity index (χ2v) is 7.57. The molecular weight excluding hydrogens is 388 g/mol. The van der Waals surface area contributed by atoms with Crippen molar-refractivity contribution in [3.8, 4) is 0 Å². The molecule has 4 aromatic rings. The molecule has 0 aliphatic carbocycles. The number of pyridine rings is 1. The Kier molecular flexibility index (Phi) is 5.57. The highest BCUT2D eigenvalue weighted by molar-refractivity contribution is 7.98. The van der Waals surface area contributed by atoms with Gasteiger partial charge in [0.2, 0.25) is 5.91 Å². The fourth-order valence-electron chi connectivity index (χ4n) is 3.22. The van der Waals surface area contributed by atoms with Gasteiger partial charge in [0.15, 0.2) is 11.5 Å². The van der Waals surface area contributed by atoms with E-state index < -0.39 is 0 Å². The molecule has 148 valence electrons. The number of rotatable bonds is 7. The molecule has 4 rings (SSSR count). The van der Waals surface area contributed by atoms with E-state index in [1.54, 1.807) is 30.1 Å². The van der Waals surface area contributed by atoms with Crippen LogP contribution in [0.2, 0.25) is 0 Å². The van der Waals surface area contributed by atoms with Gasteiger partial charge in [0, 0.05) is 11.6 Å². The number of carbonyl (C=O) groups excluding carboxylic acids is 1. The molecule has 0 unspecified atom stereocenters. The maximum atomic E-state index is 12.7. The van der Waals surface area contributed by atoms with Gasteiger partial charge >= 0.3 is 0 Å². The molecule has 0 aliphatic rings. The number of hydrogen-bond acceptors (Lipinski definition) is 6. The van der Waals surface area contributed by atoms with Crippen molar-refractivity contribution < 1.29 is 4.79 Å². The minimum absolute atomic E-state index is 0.157. The number of hydrogen-bond donors (Lipinski definition) is 1. The zero-order valence-corrected chi connectivity index (χ0v) is 16.7. The SMILES string of the molecule is CSCC[C@@H](NC(=O)Cn1ncc2ccccc2c1=O)c1nnc2ccccn12. The summed E-state index contributed by atoms with van der Waals surface area (Å²) in [6, 6.07) is 12.5. The van der Waals surface area contributed by atoms with Crippen LogP contribution in [0.25, 0.3) is 16.4 Å². The molecule has 1 amide bonds. The Morgan fingerprint density at radius 2 is 2.00 bits per heavy atom. The number of amides is 1. The lowest BCUT2D eigenvalue weighted by molar-refractivity contribution is -0.122. The van der Waals surface area contributed by atoms with E-state index in [0.29, 0.717) is 17.6 Å². The van der Waals surface area contributed by atoms with E-state index in [9.17, 15) is 9.59 Å². The lowest BCUT2D eigenvalue weighted by Crippen LogP contribution is -2.36. The number of nitrogens with one attached hydrogen (secondary N) is 1. The predicted molar refractivity (Wildman–Crippen MR) is 113 cm³/mol. The molecule has 29 heavy (non-hydrogen) atoms. The molecule has 0 aliphatic heterocycles. The van der Waals surface area contributed by atoms with Gasteiger partial charge < -0.3 is 5.32 Å². The van der Waals surface area contributed by atoms with Gasteiger partial charge in [0.05, 0.1) is 17.6 Å². The number of nitrogens with zero attached hydrogens (tertiary/aromatic N) is 5. The van der Waals surface area contributed by atoms with Crippen LogP contribution in [-0.4, -0.2) is 42.3 Å². The average Bonchev–Trinajstić information content (AvgIpc) is 3.17. The van der Waals surface area contributed by atoms with Crippen molar-refractivity contribution in [2.45, 2.75) is 19.0 Å². The Morgan fingerprint density at radius 3 is 2.86 bits per heavy atom. The van der Waals surface area contributed by atoms with Crippen molar-refractivity contribution in [1.82, 2.24) is 29.7 Å². The summed E-state index contributed by atoms with van der Waals surface area (Å²) in [6.07, 6.45) is 6.18. The van der Waals surface area contributed by atoms with Crippen LogP contribution in [0.5, 0.6) is 0 Å². The maximum Gasteiger partial charge on any atom is 0.275 e. The summed E-state index contributed by atoms with van der Waals surface area (Å²) in [5.74, 6) is 1.22. The summed E-state index contributed by atoms with van der Waals surface area (Å²) in [4.78, 5) is 25.3. The first-order valence-electron chi connectivity index (χ1n) is 9.20. The molecular formula is C20H20N6O2S. The second kappa shape index (κ2) is 8.44. The molecule has 0 saturated heterocycles. The van der Waals surface area contributed by atoms with Gasteiger partial charge in [-0.15, -0.1) is 10.2 Å². The maximum absolute atomic E-state index is 12.7. The third-order valence-corrected chi connectivity index (χ3v) is 5.30. The second-order valence-electron chi connectivity index (χ2n) is 6.58. The van der Waals surface area contributed by atoms with Gasteiger partial charge in [0.25, 0.3) is 5.56 Å². The molecule has 0 spiro atoms. The van der Waals surface area contributed by atoms with Crippen molar-refractivity contribution in [2.75, 3.05) is 12.0 Å². The van der Waals surface area contributed by atoms with Gasteiger partial charge in [-0.05, 0) is 36.6 Å². The molecule has 0 radical (unpaired) electrons. The number of aromatic nitrogens is 5. The number of thioether (sulfide) groups is 1. The van der Waals surface area contributed by atoms with Gasteiger partial charge in [-0.25, -0.2) is 4.68 Å². The molecule has 0 saturated carbocycles. The lowest BCUT2D eigenvalue weighted by atomic mass is 10.2. The van der Waals surface area contributed by atoms with Crippen LogP contribution in [0.3, 0.4) is 0 Å². The Bertz CT molecular complexity index is 1220. The Hall–Kier alpha value is -3.20. The van der Waals surface area contributed by atoms with Crippen LogP contribution in [0.4, 0.5) is 0 Å². The van der Waals surface area contributed by atoms with Crippen molar-refractivity contribution in [1.29, 1.82) is 0 Å². The molecule has 1 atom stereocenters. The smallest absolute Gasteiger partial charge is 0.275 e. The molecule has 8 nitrogen and oxygen atoms in total. The fraction of sp³-hybridized carbons (Fsp3) is 0.250. The highest BCUT2D eigenvalue weighted by atomic mass is 32.2. The molecule has 1 aromatic carbocycles. The molecule has 0 bridgehead atoms. The summed E-state index contributed by atoms with van der Waals surface area (Å²) in [5, 5.41) is 16.9. The molecule has 3 heterocycles. The van der Waals surface area contributed by atoms with Crippen LogP contribution in [-0.2, 0) is 11.3 Å². The van der Waals surface area contributed by atoms with E-state index in [4.69, 9.17) is 0 Å². The lowest BCUT2D eigenvalue weighted by Gasteiger charge is -2.17. The molecule has 3 aromatic heterocycles. The quantitative estimate of drug-likeness (QED) is 0.503. The van der Waals surface area contributed by atoms with E-state index in [1.807, 2.05) is 47.2 Å². The third-order valence-electron chi connectivity index (χ3n) is 4.65. The number of benzene rings is 1. The Morgan fingerprint density at radius 1 is 1.17 bits per heavy atom. The predicted octanol–water partition coefficient (Wildman–Crippen LogP) is 2.05. The summed E-state index contributed by atoms with van der Waals surface area (Å²) in [7, 11) is 0. The van der Waals surface area contributed by atoms with E-state index in [-0.39, 0.29) is 24.1 Å².